The van der Waals surface area contributed by atoms with Gasteiger partial charge in [-0.05, 0) is 13.3 Å². The molecule has 0 aromatic carbocycles. The summed E-state index contributed by atoms with van der Waals surface area (Å²) < 4.78 is 0. The first-order chi connectivity index (χ1) is 6.34. The zero-order chi connectivity index (χ0) is 10.9. The Kier molecular flexibility index (Phi) is 3.17. The van der Waals surface area contributed by atoms with Crippen LogP contribution in [0.2, 0.25) is 0 Å². The fourth-order valence-corrected chi connectivity index (χ4v) is 1.69. The van der Waals surface area contributed by atoms with Gasteiger partial charge in [-0.15, -0.1) is 0 Å². The summed E-state index contributed by atoms with van der Waals surface area (Å²) in [6, 6.07) is -0.0214. The van der Waals surface area contributed by atoms with Crippen LogP contribution in [0.1, 0.15) is 33.6 Å². The first kappa shape index (κ1) is 11.5. The Bertz CT molecular complexity index is 226. The van der Waals surface area contributed by atoms with E-state index in [1.54, 1.807) is 6.92 Å². The molecule has 0 saturated heterocycles. The van der Waals surface area contributed by atoms with Gasteiger partial charge in [0, 0.05) is 23.9 Å². The van der Waals surface area contributed by atoms with Gasteiger partial charge in [0.2, 0.25) is 5.91 Å². The normalized spacial score (nSPS) is 31.8. The van der Waals surface area contributed by atoms with Crippen molar-refractivity contribution in [3.8, 4) is 0 Å². The van der Waals surface area contributed by atoms with Gasteiger partial charge < -0.3 is 16.2 Å². The Labute approximate surface area is 84.9 Å². The molecule has 4 N–H and O–H groups in total. The Morgan fingerprint density at radius 2 is 2.29 bits per heavy atom. The fourth-order valence-electron chi connectivity index (χ4n) is 1.69. The Morgan fingerprint density at radius 1 is 1.71 bits per heavy atom. The Balaban J connectivity index is 2.36. The third-order valence-electron chi connectivity index (χ3n) is 3.06. The molecule has 1 aliphatic rings. The van der Waals surface area contributed by atoms with Gasteiger partial charge in [0.1, 0.15) is 0 Å². The lowest BCUT2D eigenvalue weighted by Gasteiger charge is -2.49. The number of carbonyl (C=O) groups excluding carboxylic acids is 1. The van der Waals surface area contributed by atoms with Crippen molar-refractivity contribution in [1.29, 1.82) is 0 Å². The molecule has 4 heteroatoms. The zero-order valence-electron chi connectivity index (χ0n) is 9.08. The molecular formula is C10H20N2O2. The summed E-state index contributed by atoms with van der Waals surface area (Å²) in [6.07, 6.45) is 0.698. The monoisotopic (exact) mass is 200 g/mol. The van der Waals surface area contributed by atoms with E-state index in [0.717, 1.165) is 0 Å². The molecule has 0 aromatic heterocycles. The van der Waals surface area contributed by atoms with E-state index in [0.29, 0.717) is 12.8 Å². The van der Waals surface area contributed by atoms with Crippen LogP contribution in [-0.2, 0) is 4.79 Å². The number of hydrogen-bond acceptors (Lipinski definition) is 3. The molecule has 0 spiro atoms. The number of carbonyl (C=O) groups is 1. The molecule has 82 valence electrons. The van der Waals surface area contributed by atoms with E-state index in [-0.39, 0.29) is 29.5 Å². The second-order valence-electron chi connectivity index (χ2n) is 4.87. The lowest BCUT2D eigenvalue weighted by molar-refractivity contribution is -0.129. The van der Waals surface area contributed by atoms with Crippen LogP contribution < -0.4 is 11.1 Å². The summed E-state index contributed by atoms with van der Waals surface area (Å²) in [5.41, 5.74) is 5.31. The maximum Gasteiger partial charge on any atom is 0.221 e. The number of amides is 1. The van der Waals surface area contributed by atoms with Crippen LogP contribution in [0, 0.1) is 5.41 Å². The first-order valence-corrected chi connectivity index (χ1v) is 5.07. The highest BCUT2D eigenvalue weighted by atomic mass is 16.3. The van der Waals surface area contributed by atoms with Crippen LogP contribution in [0.3, 0.4) is 0 Å². The highest BCUT2D eigenvalue weighted by Gasteiger charge is 2.47. The van der Waals surface area contributed by atoms with E-state index in [1.807, 2.05) is 13.8 Å². The minimum absolute atomic E-state index is 0.0232. The predicted octanol–water partition coefficient (Wildman–Crippen LogP) is -0.000700. The molecule has 14 heavy (non-hydrogen) atoms. The minimum atomic E-state index is -0.303. The van der Waals surface area contributed by atoms with Gasteiger partial charge in [0.05, 0.1) is 6.10 Å². The number of nitrogens with two attached hydrogens (primary N) is 1. The smallest absolute Gasteiger partial charge is 0.221 e. The number of aliphatic hydroxyl groups excluding tert-OH is 1. The van der Waals surface area contributed by atoms with E-state index in [9.17, 15) is 9.90 Å². The van der Waals surface area contributed by atoms with Gasteiger partial charge in [-0.3, -0.25) is 4.79 Å². The van der Waals surface area contributed by atoms with Crippen molar-refractivity contribution in [2.24, 2.45) is 11.1 Å². The van der Waals surface area contributed by atoms with Crippen molar-refractivity contribution in [2.45, 2.75) is 51.8 Å². The number of nitrogens with one attached hydrogen (secondary N) is 1. The van der Waals surface area contributed by atoms with Crippen molar-refractivity contribution < 1.29 is 9.90 Å². The molecule has 1 fully saturated rings. The molecule has 0 radical (unpaired) electrons. The summed E-state index contributed by atoms with van der Waals surface area (Å²) >= 11 is 0. The summed E-state index contributed by atoms with van der Waals surface area (Å²) in [5, 5.41) is 12.4. The quantitative estimate of drug-likeness (QED) is 0.600. The van der Waals surface area contributed by atoms with Crippen molar-refractivity contribution in [1.82, 2.24) is 5.32 Å². The molecule has 0 bridgehead atoms. The summed E-state index contributed by atoms with van der Waals surface area (Å²) in [6.45, 7) is 5.72. The largest absolute Gasteiger partial charge is 0.392 e. The minimum Gasteiger partial charge on any atom is -0.392 e. The molecule has 0 aromatic rings. The van der Waals surface area contributed by atoms with Crippen LogP contribution in [-0.4, -0.2) is 29.2 Å². The highest BCUT2D eigenvalue weighted by Crippen LogP contribution is 2.40. The van der Waals surface area contributed by atoms with Crippen LogP contribution >= 0.6 is 0 Å². The number of hydrogen-bond donors (Lipinski definition) is 3. The molecule has 3 atom stereocenters. The lowest BCUT2D eigenvalue weighted by Crippen LogP contribution is -2.61. The van der Waals surface area contributed by atoms with E-state index in [2.05, 4.69) is 5.32 Å². The molecule has 4 nitrogen and oxygen atoms in total. The highest BCUT2D eigenvalue weighted by molar-refractivity contribution is 5.77. The second kappa shape index (κ2) is 3.87. The maximum absolute atomic E-state index is 11.4. The van der Waals surface area contributed by atoms with Crippen LogP contribution in [0.4, 0.5) is 0 Å². The lowest BCUT2D eigenvalue weighted by atomic mass is 9.64. The molecule has 0 heterocycles. The molecule has 1 rings (SSSR count). The molecule has 1 amide bonds. The van der Waals surface area contributed by atoms with Gasteiger partial charge in [0.25, 0.3) is 0 Å². The summed E-state index contributed by atoms with van der Waals surface area (Å²) in [5.74, 6) is -0.0232. The number of aliphatic hydroxyl groups is 1. The van der Waals surface area contributed by atoms with E-state index in [1.165, 1.54) is 0 Å². The van der Waals surface area contributed by atoms with Gasteiger partial charge in [-0.1, -0.05) is 13.8 Å². The zero-order valence-corrected chi connectivity index (χ0v) is 9.08. The first-order valence-electron chi connectivity index (χ1n) is 5.07. The van der Waals surface area contributed by atoms with Gasteiger partial charge >= 0.3 is 0 Å². The van der Waals surface area contributed by atoms with Crippen molar-refractivity contribution in [3.63, 3.8) is 0 Å². The van der Waals surface area contributed by atoms with Gasteiger partial charge in [0.15, 0.2) is 0 Å². The third kappa shape index (κ3) is 2.25. The Morgan fingerprint density at radius 3 is 2.64 bits per heavy atom. The molecule has 0 aliphatic heterocycles. The average Bonchev–Trinajstić information content (AvgIpc) is 2.02. The van der Waals surface area contributed by atoms with Gasteiger partial charge in [-0.25, -0.2) is 0 Å². The standard InChI is InChI=1S/C10H20N2O2/c1-6(11)4-9(14)12-7-5-8(13)10(7,2)3/h6-8,13H,4-5,11H2,1-3H3,(H,12,14). The molecule has 3 unspecified atom stereocenters. The van der Waals surface area contributed by atoms with Gasteiger partial charge in [-0.2, -0.15) is 0 Å². The average molecular weight is 200 g/mol. The number of rotatable bonds is 3. The fraction of sp³-hybridized carbons (Fsp3) is 0.900. The maximum atomic E-state index is 11.4. The third-order valence-corrected chi connectivity index (χ3v) is 3.06. The van der Waals surface area contributed by atoms with Crippen molar-refractivity contribution in [3.05, 3.63) is 0 Å². The predicted molar refractivity (Wildman–Crippen MR) is 54.6 cm³/mol. The van der Waals surface area contributed by atoms with Crippen LogP contribution in [0.15, 0.2) is 0 Å². The molecule has 1 saturated carbocycles. The second-order valence-corrected chi connectivity index (χ2v) is 4.87. The Hall–Kier alpha value is -0.610. The molecular weight excluding hydrogens is 180 g/mol. The van der Waals surface area contributed by atoms with E-state index in [4.69, 9.17) is 5.73 Å². The molecule has 1 aliphatic carbocycles. The summed E-state index contributed by atoms with van der Waals surface area (Å²) in [4.78, 5) is 11.4. The summed E-state index contributed by atoms with van der Waals surface area (Å²) in [7, 11) is 0. The van der Waals surface area contributed by atoms with E-state index < -0.39 is 0 Å². The van der Waals surface area contributed by atoms with Crippen LogP contribution in [0.25, 0.3) is 0 Å². The SMILES string of the molecule is CC(N)CC(=O)NC1CC(O)C1(C)C. The van der Waals surface area contributed by atoms with Crippen molar-refractivity contribution in [2.75, 3.05) is 0 Å². The van der Waals surface area contributed by atoms with E-state index >= 15 is 0 Å². The van der Waals surface area contributed by atoms with Crippen molar-refractivity contribution >= 4 is 5.91 Å². The van der Waals surface area contributed by atoms with Crippen LogP contribution in [0.5, 0.6) is 0 Å². The topological polar surface area (TPSA) is 75.4 Å².